The second-order valence-electron chi connectivity index (χ2n) is 6.65. The van der Waals surface area contributed by atoms with E-state index in [9.17, 15) is 0 Å². The maximum absolute atomic E-state index is 3.85. The van der Waals surface area contributed by atoms with Gasteiger partial charge in [-0.2, -0.15) is 0 Å². The Bertz CT molecular complexity index is 1390. The van der Waals surface area contributed by atoms with Gasteiger partial charge in [0.15, 0.2) is 0 Å². The van der Waals surface area contributed by atoms with Crippen molar-refractivity contribution in [2.45, 2.75) is 0 Å². The lowest BCUT2D eigenvalue weighted by Crippen LogP contribution is -1.82. The molecule has 0 radical (unpaired) electrons. The molecule has 0 atom stereocenters. The van der Waals surface area contributed by atoms with Crippen LogP contribution in [-0.2, 0) is 0 Å². The molecule has 4 aromatic carbocycles. The Hall–Kier alpha value is -2.30. The highest BCUT2D eigenvalue weighted by molar-refractivity contribution is 9.11. The smallest absolute Gasteiger partial charge is 0.0483 e. The average Bonchev–Trinajstić information content (AvgIpc) is 3.18. The van der Waals surface area contributed by atoms with Gasteiger partial charge in [0.2, 0.25) is 0 Å². The topological polar surface area (TPSA) is 31.6 Å². The highest BCUT2D eigenvalue weighted by Crippen LogP contribution is 2.45. The first-order valence-electron chi connectivity index (χ1n) is 8.44. The first-order chi connectivity index (χ1) is 12.7. The van der Waals surface area contributed by atoms with Crippen LogP contribution in [0.2, 0.25) is 0 Å². The second-order valence-corrected chi connectivity index (χ2v) is 8.36. The van der Waals surface area contributed by atoms with Gasteiger partial charge >= 0.3 is 0 Å². The van der Waals surface area contributed by atoms with E-state index in [0.29, 0.717) is 0 Å². The highest BCUT2D eigenvalue weighted by atomic mass is 79.9. The summed E-state index contributed by atoms with van der Waals surface area (Å²) < 4.78 is 2.20. The van der Waals surface area contributed by atoms with Gasteiger partial charge in [0.05, 0.1) is 0 Å². The molecule has 6 rings (SSSR count). The molecule has 6 aromatic rings. The van der Waals surface area contributed by atoms with Gasteiger partial charge in [0, 0.05) is 63.3 Å². The Balaban J connectivity index is 2.00. The number of aromatic amines is 2. The molecule has 0 aliphatic heterocycles. The van der Waals surface area contributed by atoms with E-state index in [0.717, 1.165) is 31.0 Å². The number of para-hydroxylation sites is 2. The summed E-state index contributed by atoms with van der Waals surface area (Å²) >= 11 is 7.69. The molecule has 124 valence electrons. The summed E-state index contributed by atoms with van der Waals surface area (Å²) in [6.45, 7) is 0. The van der Waals surface area contributed by atoms with Crippen molar-refractivity contribution < 1.29 is 0 Å². The van der Waals surface area contributed by atoms with Gasteiger partial charge in [-0.15, -0.1) is 0 Å². The van der Waals surface area contributed by atoms with Gasteiger partial charge in [-0.05, 0) is 24.3 Å². The fraction of sp³-hybridized carbons (Fsp3) is 0. The first-order valence-corrected chi connectivity index (χ1v) is 10.0. The Labute approximate surface area is 165 Å². The van der Waals surface area contributed by atoms with Crippen molar-refractivity contribution >= 4 is 86.2 Å². The van der Waals surface area contributed by atoms with Crippen molar-refractivity contribution in [3.05, 3.63) is 69.6 Å². The van der Waals surface area contributed by atoms with E-state index in [1.165, 1.54) is 32.3 Å². The van der Waals surface area contributed by atoms with Gasteiger partial charge in [-0.25, -0.2) is 0 Å². The molecule has 4 heteroatoms. The Kier molecular flexibility index (Phi) is 2.92. The number of hydrogen-bond donors (Lipinski definition) is 2. The molecule has 0 spiro atoms. The number of H-pyrrole nitrogens is 2. The number of halogens is 2. The molecule has 0 bridgehead atoms. The van der Waals surface area contributed by atoms with E-state index >= 15 is 0 Å². The molecule has 0 unspecified atom stereocenters. The van der Waals surface area contributed by atoms with Crippen LogP contribution in [0.1, 0.15) is 0 Å². The number of aromatic nitrogens is 2. The summed E-state index contributed by atoms with van der Waals surface area (Å²) in [7, 11) is 0. The van der Waals surface area contributed by atoms with E-state index in [-0.39, 0.29) is 0 Å². The molecule has 0 amide bonds. The van der Waals surface area contributed by atoms with Crippen LogP contribution in [0.5, 0.6) is 0 Å². The predicted octanol–water partition coefficient (Wildman–Crippen LogP) is 7.63. The normalized spacial score (nSPS) is 12.2. The number of nitrogens with one attached hydrogen (secondary N) is 2. The quantitative estimate of drug-likeness (QED) is 0.232. The third-order valence-electron chi connectivity index (χ3n) is 5.24. The number of fused-ring (bicyclic) bond motifs is 9. The largest absolute Gasteiger partial charge is 0.354 e. The molecule has 0 saturated carbocycles. The van der Waals surface area contributed by atoms with E-state index in [4.69, 9.17) is 0 Å². The van der Waals surface area contributed by atoms with E-state index in [1.54, 1.807) is 0 Å². The maximum Gasteiger partial charge on any atom is 0.0483 e. The van der Waals surface area contributed by atoms with Crippen LogP contribution in [0.4, 0.5) is 0 Å². The monoisotopic (exact) mass is 462 g/mol. The van der Waals surface area contributed by atoms with Crippen molar-refractivity contribution in [3.8, 4) is 0 Å². The van der Waals surface area contributed by atoms with Crippen LogP contribution in [0, 0.1) is 0 Å². The number of hydrogen-bond acceptors (Lipinski definition) is 0. The minimum atomic E-state index is 1.10. The van der Waals surface area contributed by atoms with E-state index in [2.05, 4.69) is 102 Å². The Morgan fingerprint density at radius 1 is 0.500 bits per heavy atom. The van der Waals surface area contributed by atoms with Crippen molar-refractivity contribution in [2.75, 3.05) is 0 Å². The fourth-order valence-electron chi connectivity index (χ4n) is 4.21. The van der Waals surface area contributed by atoms with Gasteiger partial charge in [0.25, 0.3) is 0 Å². The van der Waals surface area contributed by atoms with Crippen molar-refractivity contribution in [1.29, 1.82) is 0 Å². The number of rotatable bonds is 0. The zero-order chi connectivity index (χ0) is 17.4. The molecule has 2 aromatic heterocycles. The summed E-state index contributed by atoms with van der Waals surface area (Å²) in [4.78, 5) is 7.12. The molecule has 0 aliphatic carbocycles. The lowest BCUT2D eigenvalue weighted by molar-refractivity contribution is 1.54. The summed E-state index contributed by atoms with van der Waals surface area (Å²) in [6, 6.07) is 21.4. The summed E-state index contributed by atoms with van der Waals surface area (Å²) in [5.74, 6) is 0. The Morgan fingerprint density at radius 3 is 1.38 bits per heavy atom. The summed E-state index contributed by atoms with van der Waals surface area (Å²) in [5.41, 5.74) is 4.61. The van der Waals surface area contributed by atoms with E-state index in [1.807, 2.05) is 0 Å². The minimum Gasteiger partial charge on any atom is -0.354 e. The fourth-order valence-corrected chi connectivity index (χ4v) is 5.46. The summed E-state index contributed by atoms with van der Waals surface area (Å²) in [6.07, 6.45) is 0. The SMILES string of the molecule is Brc1cc2[nH]c3ccccc3c2c2c(Br)cc3[nH]c4ccccc4c3c12. The van der Waals surface area contributed by atoms with Crippen LogP contribution < -0.4 is 0 Å². The Morgan fingerprint density at radius 2 is 0.923 bits per heavy atom. The van der Waals surface area contributed by atoms with Crippen LogP contribution in [-0.4, -0.2) is 9.97 Å². The molecule has 26 heavy (non-hydrogen) atoms. The first kappa shape index (κ1) is 14.8. The third kappa shape index (κ3) is 1.81. The minimum absolute atomic E-state index is 1.10. The number of benzene rings is 4. The van der Waals surface area contributed by atoms with Crippen LogP contribution >= 0.6 is 31.9 Å². The average molecular weight is 464 g/mol. The van der Waals surface area contributed by atoms with Gasteiger partial charge in [0.1, 0.15) is 0 Å². The van der Waals surface area contributed by atoms with Gasteiger partial charge in [-0.1, -0.05) is 68.3 Å². The van der Waals surface area contributed by atoms with Crippen LogP contribution in [0.3, 0.4) is 0 Å². The molecule has 0 aliphatic rings. The zero-order valence-electron chi connectivity index (χ0n) is 13.5. The third-order valence-corrected chi connectivity index (χ3v) is 6.49. The molecule has 2 N–H and O–H groups in total. The highest BCUT2D eigenvalue weighted by Gasteiger charge is 2.18. The van der Waals surface area contributed by atoms with Crippen molar-refractivity contribution in [3.63, 3.8) is 0 Å². The van der Waals surface area contributed by atoms with Crippen molar-refractivity contribution in [2.24, 2.45) is 0 Å². The molecular formula is C22H12Br2N2. The zero-order valence-corrected chi connectivity index (χ0v) is 16.7. The van der Waals surface area contributed by atoms with Crippen molar-refractivity contribution in [1.82, 2.24) is 9.97 Å². The lowest BCUT2D eigenvalue weighted by Gasteiger charge is -2.09. The maximum atomic E-state index is 3.85. The van der Waals surface area contributed by atoms with Crippen LogP contribution in [0.25, 0.3) is 54.4 Å². The van der Waals surface area contributed by atoms with Crippen LogP contribution in [0.15, 0.2) is 69.6 Å². The molecule has 2 nitrogen and oxygen atoms in total. The molecular weight excluding hydrogens is 452 g/mol. The lowest BCUT2D eigenvalue weighted by atomic mass is 9.99. The second kappa shape index (κ2) is 5.12. The summed E-state index contributed by atoms with van der Waals surface area (Å²) in [5, 5.41) is 7.50. The molecule has 0 fully saturated rings. The van der Waals surface area contributed by atoms with Gasteiger partial charge in [-0.3, -0.25) is 0 Å². The standard InChI is InChI=1S/C22H12Br2N2/c23-13-10-18-20(12-6-2-4-8-16(12)26-18)22-14(24)9-17-19(21(13)22)11-5-1-3-7-15(11)25-17/h1-10,25-26H. The molecule has 0 saturated heterocycles. The predicted molar refractivity (Wildman–Crippen MR) is 118 cm³/mol. The van der Waals surface area contributed by atoms with Gasteiger partial charge < -0.3 is 9.97 Å². The molecule has 2 heterocycles. The van der Waals surface area contributed by atoms with E-state index < -0.39 is 0 Å².